The maximum atomic E-state index is 12.6. The number of amides is 1. The first-order valence-electron chi connectivity index (χ1n) is 8.91. The molecular formula is C20H24N2O5. The lowest BCUT2D eigenvalue weighted by atomic mass is 9.85. The van der Waals surface area contributed by atoms with Crippen LogP contribution in [0.15, 0.2) is 30.0 Å². The number of aliphatic hydroxyl groups excluding tert-OH is 1. The van der Waals surface area contributed by atoms with Crippen LogP contribution < -0.4 is 4.74 Å². The molecule has 0 saturated heterocycles. The first kappa shape index (κ1) is 19.2. The number of ether oxygens (including phenoxy) is 3. The normalized spacial score (nSPS) is 23.3. The molecule has 2 unspecified atom stereocenters. The van der Waals surface area contributed by atoms with Crippen molar-refractivity contribution in [3.05, 3.63) is 41.2 Å². The Morgan fingerprint density at radius 3 is 2.89 bits per heavy atom. The largest absolute Gasteiger partial charge is 0.496 e. The molecular weight excluding hydrogens is 348 g/mol. The van der Waals surface area contributed by atoms with Gasteiger partial charge >= 0.3 is 0 Å². The Labute approximate surface area is 158 Å². The molecule has 1 aromatic rings. The molecule has 0 saturated carbocycles. The topological polar surface area (TPSA) is 92.0 Å². The molecule has 0 spiro atoms. The van der Waals surface area contributed by atoms with Crippen molar-refractivity contribution in [1.82, 2.24) is 4.90 Å². The number of benzene rings is 1. The van der Waals surface area contributed by atoms with E-state index in [1.54, 1.807) is 44.1 Å². The minimum atomic E-state index is -0.955. The Hall–Kier alpha value is -2.56. The number of nitriles is 1. The number of carbonyl (C=O) groups is 1. The van der Waals surface area contributed by atoms with Gasteiger partial charge in [-0.15, -0.1) is 0 Å². The van der Waals surface area contributed by atoms with Gasteiger partial charge in [0, 0.05) is 31.8 Å². The highest BCUT2D eigenvalue weighted by molar-refractivity contribution is 5.91. The first-order chi connectivity index (χ1) is 12.9. The molecule has 0 aromatic heterocycles. The maximum Gasteiger partial charge on any atom is 0.251 e. The van der Waals surface area contributed by atoms with Gasteiger partial charge in [0.25, 0.3) is 5.91 Å². The summed E-state index contributed by atoms with van der Waals surface area (Å²) in [7, 11) is 1.63. The van der Waals surface area contributed by atoms with E-state index in [0.717, 1.165) is 6.42 Å². The predicted octanol–water partition coefficient (Wildman–Crippen LogP) is 1.91. The first-order valence-corrected chi connectivity index (χ1v) is 8.91. The lowest BCUT2D eigenvalue weighted by molar-refractivity contribution is -0.137. The van der Waals surface area contributed by atoms with E-state index >= 15 is 0 Å². The second kappa shape index (κ2) is 7.59. The lowest BCUT2D eigenvalue weighted by Crippen LogP contribution is -2.54. The molecule has 2 aliphatic rings. The molecule has 1 N–H and O–H groups in total. The summed E-state index contributed by atoms with van der Waals surface area (Å²) in [6.45, 7) is 4.86. The maximum absolute atomic E-state index is 12.6. The molecule has 144 valence electrons. The van der Waals surface area contributed by atoms with E-state index in [1.807, 2.05) is 0 Å². The van der Waals surface area contributed by atoms with Crippen molar-refractivity contribution in [1.29, 1.82) is 5.26 Å². The van der Waals surface area contributed by atoms with Gasteiger partial charge in [0.05, 0.1) is 30.8 Å². The molecule has 0 radical (unpaired) electrons. The van der Waals surface area contributed by atoms with Crippen LogP contribution >= 0.6 is 0 Å². The number of hydrogen-bond donors (Lipinski definition) is 1. The highest BCUT2D eigenvalue weighted by atomic mass is 16.5. The van der Waals surface area contributed by atoms with Gasteiger partial charge in [0.15, 0.2) is 0 Å². The summed E-state index contributed by atoms with van der Waals surface area (Å²) in [6, 6.07) is 6.52. The molecule has 0 aliphatic carbocycles. The molecule has 2 atom stereocenters. The highest BCUT2D eigenvalue weighted by Crippen LogP contribution is 2.44. The van der Waals surface area contributed by atoms with Crippen molar-refractivity contribution in [2.45, 2.75) is 38.0 Å². The van der Waals surface area contributed by atoms with Crippen LogP contribution in [0.2, 0.25) is 0 Å². The van der Waals surface area contributed by atoms with E-state index in [2.05, 4.69) is 6.07 Å². The predicted molar refractivity (Wildman–Crippen MR) is 96.9 cm³/mol. The van der Waals surface area contributed by atoms with Crippen LogP contribution in [-0.2, 0) is 14.3 Å². The molecule has 2 aliphatic heterocycles. The smallest absolute Gasteiger partial charge is 0.251 e. The van der Waals surface area contributed by atoms with Crippen molar-refractivity contribution >= 4 is 5.91 Å². The van der Waals surface area contributed by atoms with Crippen molar-refractivity contribution in [3.8, 4) is 11.8 Å². The average molecular weight is 372 g/mol. The Morgan fingerprint density at radius 1 is 1.41 bits per heavy atom. The van der Waals surface area contributed by atoms with Crippen molar-refractivity contribution in [2.24, 2.45) is 0 Å². The standard InChI is InChI=1S/C20H24N2O5/c1-20(2)19(24)18(15-9-13(11-21)5-6-16(15)27-20)22-12-14(10-17(22)23)26-8-4-7-25-3/h5-6,9-10,18-19,24H,4,7-8,12H2,1-3H3. The van der Waals surface area contributed by atoms with Gasteiger partial charge in [-0.25, -0.2) is 0 Å². The Balaban J connectivity index is 1.85. The summed E-state index contributed by atoms with van der Waals surface area (Å²) < 4.78 is 16.6. The van der Waals surface area contributed by atoms with Crippen LogP contribution in [-0.4, -0.2) is 54.5 Å². The number of rotatable bonds is 6. The van der Waals surface area contributed by atoms with E-state index in [9.17, 15) is 15.2 Å². The number of hydrogen-bond acceptors (Lipinski definition) is 6. The van der Waals surface area contributed by atoms with Crippen LogP contribution in [0.5, 0.6) is 5.75 Å². The Bertz CT molecular complexity index is 796. The number of methoxy groups -OCH3 is 1. The second-order valence-corrected chi connectivity index (χ2v) is 7.23. The SMILES string of the molecule is COCCCOC1=CC(=O)N(C2c3cc(C#N)ccc3OC(C)(C)C2O)C1. The third-order valence-electron chi connectivity index (χ3n) is 4.85. The van der Waals surface area contributed by atoms with Crippen molar-refractivity contribution in [2.75, 3.05) is 26.9 Å². The quantitative estimate of drug-likeness (QED) is 0.767. The van der Waals surface area contributed by atoms with Crippen molar-refractivity contribution in [3.63, 3.8) is 0 Å². The fraction of sp³-hybridized carbons (Fsp3) is 0.500. The second-order valence-electron chi connectivity index (χ2n) is 7.23. The fourth-order valence-corrected chi connectivity index (χ4v) is 3.42. The van der Waals surface area contributed by atoms with E-state index in [4.69, 9.17) is 14.2 Å². The van der Waals surface area contributed by atoms with E-state index < -0.39 is 17.7 Å². The van der Waals surface area contributed by atoms with Gasteiger partial charge in [0.1, 0.15) is 23.2 Å². The fourth-order valence-electron chi connectivity index (χ4n) is 3.42. The summed E-state index contributed by atoms with van der Waals surface area (Å²) in [5, 5.41) is 20.2. The molecule has 0 fully saturated rings. The molecule has 2 heterocycles. The van der Waals surface area contributed by atoms with Crippen LogP contribution in [0, 0.1) is 11.3 Å². The Morgan fingerprint density at radius 2 is 2.19 bits per heavy atom. The third kappa shape index (κ3) is 3.77. The van der Waals surface area contributed by atoms with E-state index in [1.165, 1.54) is 6.08 Å². The lowest BCUT2D eigenvalue weighted by Gasteiger charge is -2.45. The van der Waals surface area contributed by atoms with Gasteiger partial charge in [-0.2, -0.15) is 5.26 Å². The minimum absolute atomic E-state index is 0.230. The minimum Gasteiger partial charge on any atom is -0.496 e. The zero-order valence-corrected chi connectivity index (χ0v) is 15.8. The summed E-state index contributed by atoms with van der Waals surface area (Å²) >= 11 is 0. The Kier molecular flexibility index (Phi) is 5.40. The molecule has 7 nitrogen and oxygen atoms in total. The zero-order valence-electron chi connectivity index (χ0n) is 15.8. The summed E-state index contributed by atoms with van der Waals surface area (Å²) in [5.74, 6) is 0.897. The van der Waals surface area contributed by atoms with Crippen LogP contribution in [0.3, 0.4) is 0 Å². The highest BCUT2D eigenvalue weighted by Gasteiger charge is 2.47. The molecule has 7 heteroatoms. The number of nitrogens with zero attached hydrogens (tertiary/aromatic N) is 2. The molecule has 1 aromatic carbocycles. The average Bonchev–Trinajstić information content (AvgIpc) is 2.99. The summed E-state index contributed by atoms with van der Waals surface area (Å²) in [6.07, 6.45) is 1.23. The zero-order chi connectivity index (χ0) is 19.6. The third-order valence-corrected chi connectivity index (χ3v) is 4.85. The van der Waals surface area contributed by atoms with Crippen LogP contribution in [0.1, 0.15) is 37.4 Å². The van der Waals surface area contributed by atoms with E-state index in [-0.39, 0.29) is 12.5 Å². The van der Waals surface area contributed by atoms with Crippen molar-refractivity contribution < 1.29 is 24.1 Å². The van der Waals surface area contributed by atoms with Gasteiger partial charge < -0.3 is 24.2 Å². The van der Waals surface area contributed by atoms with Gasteiger partial charge in [-0.3, -0.25) is 4.79 Å². The molecule has 0 bridgehead atoms. The monoisotopic (exact) mass is 372 g/mol. The number of aliphatic hydroxyl groups is 1. The molecule has 1 amide bonds. The number of fused-ring (bicyclic) bond motifs is 1. The van der Waals surface area contributed by atoms with Crippen LogP contribution in [0.4, 0.5) is 0 Å². The van der Waals surface area contributed by atoms with Gasteiger partial charge in [0.2, 0.25) is 0 Å². The van der Waals surface area contributed by atoms with Gasteiger partial charge in [-0.05, 0) is 32.0 Å². The number of carbonyl (C=O) groups excluding carboxylic acids is 1. The van der Waals surface area contributed by atoms with E-state index in [0.29, 0.717) is 35.8 Å². The van der Waals surface area contributed by atoms with Crippen LogP contribution in [0.25, 0.3) is 0 Å². The molecule has 3 rings (SSSR count). The molecule has 27 heavy (non-hydrogen) atoms. The van der Waals surface area contributed by atoms with Gasteiger partial charge in [-0.1, -0.05) is 0 Å². The summed E-state index contributed by atoms with van der Waals surface area (Å²) in [4.78, 5) is 14.2. The summed E-state index contributed by atoms with van der Waals surface area (Å²) in [5.41, 5.74) is 0.196.